The maximum absolute atomic E-state index is 10.9. The van der Waals surface area contributed by atoms with Gasteiger partial charge in [0.15, 0.2) is 0 Å². The SMILES string of the molecule is Cc1cc(N(CC2CCCN2)C2CC2)ncc1[N+](=O)[O-]. The molecule has 0 amide bonds. The van der Waals surface area contributed by atoms with E-state index in [0.717, 1.165) is 18.9 Å². The predicted octanol–water partition coefficient (Wildman–Crippen LogP) is 2.02. The molecule has 6 heteroatoms. The number of aromatic nitrogens is 1. The van der Waals surface area contributed by atoms with Crippen LogP contribution in [-0.2, 0) is 0 Å². The molecule has 2 heterocycles. The van der Waals surface area contributed by atoms with Crippen LogP contribution in [0.15, 0.2) is 12.3 Å². The molecule has 108 valence electrons. The van der Waals surface area contributed by atoms with Gasteiger partial charge in [-0.1, -0.05) is 0 Å². The summed E-state index contributed by atoms with van der Waals surface area (Å²) in [5.74, 6) is 0.879. The third-order valence-corrected chi connectivity index (χ3v) is 4.13. The summed E-state index contributed by atoms with van der Waals surface area (Å²) >= 11 is 0. The Morgan fingerprint density at radius 1 is 1.50 bits per heavy atom. The van der Waals surface area contributed by atoms with Crippen LogP contribution in [0.4, 0.5) is 11.5 Å². The fraction of sp³-hybridized carbons (Fsp3) is 0.643. The lowest BCUT2D eigenvalue weighted by atomic mass is 10.2. The van der Waals surface area contributed by atoms with Gasteiger partial charge in [0.25, 0.3) is 5.69 Å². The van der Waals surface area contributed by atoms with Crippen LogP contribution in [0.25, 0.3) is 0 Å². The number of nitrogens with one attached hydrogen (secondary N) is 1. The Morgan fingerprint density at radius 2 is 2.30 bits per heavy atom. The van der Waals surface area contributed by atoms with Gasteiger partial charge in [0.2, 0.25) is 0 Å². The van der Waals surface area contributed by atoms with E-state index in [4.69, 9.17) is 0 Å². The van der Waals surface area contributed by atoms with E-state index in [9.17, 15) is 10.1 Å². The maximum Gasteiger partial charge on any atom is 0.290 e. The van der Waals surface area contributed by atoms with Gasteiger partial charge in [0, 0.05) is 24.2 Å². The van der Waals surface area contributed by atoms with Crippen molar-refractivity contribution in [2.75, 3.05) is 18.0 Å². The number of aryl methyl sites for hydroxylation is 1. The van der Waals surface area contributed by atoms with E-state index >= 15 is 0 Å². The summed E-state index contributed by atoms with van der Waals surface area (Å²) in [7, 11) is 0. The van der Waals surface area contributed by atoms with Gasteiger partial charge in [-0.15, -0.1) is 0 Å². The third-order valence-electron chi connectivity index (χ3n) is 4.13. The molecule has 1 N–H and O–H groups in total. The van der Waals surface area contributed by atoms with Crippen LogP contribution < -0.4 is 10.2 Å². The van der Waals surface area contributed by atoms with Crippen molar-refractivity contribution in [1.82, 2.24) is 10.3 Å². The topological polar surface area (TPSA) is 71.3 Å². The van der Waals surface area contributed by atoms with Crippen molar-refractivity contribution < 1.29 is 4.92 Å². The molecule has 3 rings (SSSR count). The maximum atomic E-state index is 10.9. The number of anilines is 1. The molecular weight excluding hydrogens is 256 g/mol. The summed E-state index contributed by atoms with van der Waals surface area (Å²) in [6.45, 7) is 3.83. The van der Waals surface area contributed by atoms with Gasteiger partial charge in [-0.25, -0.2) is 4.98 Å². The lowest BCUT2D eigenvalue weighted by molar-refractivity contribution is -0.385. The first-order valence-corrected chi connectivity index (χ1v) is 7.26. The first-order valence-electron chi connectivity index (χ1n) is 7.26. The van der Waals surface area contributed by atoms with E-state index in [-0.39, 0.29) is 10.6 Å². The van der Waals surface area contributed by atoms with Crippen LogP contribution >= 0.6 is 0 Å². The van der Waals surface area contributed by atoms with Crippen molar-refractivity contribution in [1.29, 1.82) is 0 Å². The second-order valence-electron chi connectivity index (χ2n) is 5.76. The van der Waals surface area contributed by atoms with Gasteiger partial charge in [-0.05, 0) is 45.2 Å². The molecule has 6 nitrogen and oxygen atoms in total. The minimum absolute atomic E-state index is 0.100. The van der Waals surface area contributed by atoms with Crippen LogP contribution in [0.2, 0.25) is 0 Å². The normalized spacial score (nSPS) is 21.9. The Morgan fingerprint density at radius 3 is 2.85 bits per heavy atom. The first kappa shape index (κ1) is 13.3. The lowest BCUT2D eigenvalue weighted by Gasteiger charge is -2.27. The van der Waals surface area contributed by atoms with Crippen molar-refractivity contribution in [3.8, 4) is 0 Å². The summed E-state index contributed by atoms with van der Waals surface area (Å²) in [5, 5.41) is 14.4. The Kier molecular flexibility index (Phi) is 3.56. The molecule has 1 atom stereocenters. The fourth-order valence-electron chi connectivity index (χ4n) is 2.85. The van der Waals surface area contributed by atoms with Gasteiger partial charge >= 0.3 is 0 Å². The van der Waals surface area contributed by atoms with E-state index in [2.05, 4.69) is 15.2 Å². The molecule has 2 fully saturated rings. The second-order valence-corrected chi connectivity index (χ2v) is 5.76. The zero-order valence-electron chi connectivity index (χ0n) is 11.7. The molecule has 1 saturated carbocycles. The third kappa shape index (κ3) is 2.75. The number of pyridine rings is 1. The molecule has 20 heavy (non-hydrogen) atoms. The van der Waals surface area contributed by atoms with Crippen molar-refractivity contribution in [3.05, 3.63) is 27.9 Å². The molecule has 1 saturated heterocycles. The highest BCUT2D eigenvalue weighted by molar-refractivity contribution is 5.50. The van der Waals surface area contributed by atoms with Crippen LogP contribution in [-0.4, -0.2) is 35.1 Å². The van der Waals surface area contributed by atoms with Gasteiger partial charge in [-0.3, -0.25) is 10.1 Å². The number of hydrogen-bond donors (Lipinski definition) is 1. The summed E-state index contributed by atoms with van der Waals surface area (Å²) in [6.07, 6.45) is 6.22. The summed E-state index contributed by atoms with van der Waals surface area (Å²) in [6, 6.07) is 2.93. The van der Waals surface area contributed by atoms with Crippen LogP contribution in [0.5, 0.6) is 0 Å². The van der Waals surface area contributed by atoms with E-state index in [1.807, 2.05) is 6.07 Å². The monoisotopic (exact) mass is 276 g/mol. The Balaban J connectivity index is 1.80. The molecular formula is C14H20N4O2. The highest BCUT2D eigenvalue weighted by Crippen LogP contribution is 2.32. The van der Waals surface area contributed by atoms with E-state index in [1.165, 1.54) is 31.9 Å². The van der Waals surface area contributed by atoms with Gasteiger partial charge in [0.1, 0.15) is 12.0 Å². The summed E-state index contributed by atoms with van der Waals surface area (Å²) < 4.78 is 0. The van der Waals surface area contributed by atoms with Crippen molar-refractivity contribution in [2.24, 2.45) is 0 Å². The number of rotatable bonds is 5. The standard InChI is InChI=1S/C14H20N4O2/c1-10-7-14(16-8-13(10)18(19)20)17(12-4-5-12)9-11-3-2-6-15-11/h7-8,11-12,15H,2-6,9H2,1H3. The van der Waals surface area contributed by atoms with Gasteiger partial charge in [0.05, 0.1) is 4.92 Å². The van der Waals surface area contributed by atoms with Crippen LogP contribution in [0, 0.1) is 17.0 Å². The summed E-state index contributed by atoms with van der Waals surface area (Å²) in [4.78, 5) is 17.1. The molecule has 2 aliphatic rings. The minimum Gasteiger partial charge on any atom is -0.352 e. The van der Waals surface area contributed by atoms with Crippen LogP contribution in [0.3, 0.4) is 0 Å². The fourth-order valence-corrected chi connectivity index (χ4v) is 2.85. The quantitative estimate of drug-likeness (QED) is 0.658. The van der Waals surface area contributed by atoms with E-state index in [1.54, 1.807) is 6.92 Å². The second kappa shape index (κ2) is 5.36. The predicted molar refractivity (Wildman–Crippen MR) is 77.0 cm³/mol. The average molecular weight is 276 g/mol. The first-order chi connectivity index (χ1) is 9.65. The van der Waals surface area contributed by atoms with E-state index < -0.39 is 0 Å². The number of nitro groups is 1. The van der Waals surface area contributed by atoms with Gasteiger partial charge < -0.3 is 10.2 Å². The Hall–Kier alpha value is -1.69. The van der Waals surface area contributed by atoms with Gasteiger partial charge in [-0.2, -0.15) is 0 Å². The Bertz CT molecular complexity index is 510. The molecule has 1 unspecified atom stereocenters. The van der Waals surface area contributed by atoms with Crippen molar-refractivity contribution in [2.45, 2.75) is 44.7 Å². The smallest absolute Gasteiger partial charge is 0.290 e. The van der Waals surface area contributed by atoms with E-state index in [0.29, 0.717) is 17.6 Å². The molecule has 1 aromatic rings. The molecule has 1 aliphatic carbocycles. The molecule has 0 bridgehead atoms. The largest absolute Gasteiger partial charge is 0.352 e. The van der Waals surface area contributed by atoms with Crippen molar-refractivity contribution in [3.63, 3.8) is 0 Å². The van der Waals surface area contributed by atoms with Crippen molar-refractivity contribution >= 4 is 11.5 Å². The lowest BCUT2D eigenvalue weighted by Crippen LogP contribution is -2.39. The highest BCUT2D eigenvalue weighted by atomic mass is 16.6. The number of hydrogen-bond acceptors (Lipinski definition) is 5. The molecule has 1 aromatic heterocycles. The molecule has 0 aromatic carbocycles. The Labute approximate surface area is 118 Å². The van der Waals surface area contributed by atoms with Crippen LogP contribution in [0.1, 0.15) is 31.2 Å². The molecule has 1 aliphatic heterocycles. The zero-order chi connectivity index (χ0) is 14.1. The molecule has 0 spiro atoms. The average Bonchev–Trinajstić information content (AvgIpc) is 3.12. The minimum atomic E-state index is -0.369. The highest BCUT2D eigenvalue weighted by Gasteiger charge is 2.32. The molecule has 0 radical (unpaired) electrons. The zero-order valence-corrected chi connectivity index (χ0v) is 11.7. The number of nitrogens with zero attached hydrogens (tertiary/aromatic N) is 3. The summed E-state index contributed by atoms with van der Waals surface area (Å²) in [5.41, 5.74) is 0.786.